The third kappa shape index (κ3) is 4.59. The van der Waals surface area contributed by atoms with Gasteiger partial charge in [0.15, 0.2) is 5.11 Å². The second kappa shape index (κ2) is 8.15. The van der Waals surface area contributed by atoms with Crippen LogP contribution >= 0.6 is 23.8 Å². The Balaban J connectivity index is 1.52. The van der Waals surface area contributed by atoms with E-state index < -0.39 is 0 Å². The van der Waals surface area contributed by atoms with E-state index in [0.29, 0.717) is 21.7 Å². The van der Waals surface area contributed by atoms with Gasteiger partial charge < -0.3 is 15.5 Å². The lowest BCUT2D eigenvalue weighted by Gasteiger charge is -2.34. The molecular formula is C18H18ClN5S. The summed E-state index contributed by atoms with van der Waals surface area (Å²) in [4.78, 5) is 10.6. The number of halogens is 1. The number of aromatic nitrogens is 2. The van der Waals surface area contributed by atoms with Crippen LogP contribution in [0.1, 0.15) is 18.4 Å². The van der Waals surface area contributed by atoms with Gasteiger partial charge >= 0.3 is 0 Å². The fraction of sp³-hybridized carbons (Fsp3) is 0.278. The Kier molecular flexibility index (Phi) is 5.69. The summed E-state index contributed by atoms with van der Waals surface area (Å²) in [6, 6.07) is 5.89. The molecule has 1 aliphatic rings. The molecular weight excluding hydrogens is 354 g/mol. The number of piperidine rings is 1. The van der Waals surface area contributed by atoms with Gasteiger partial charge in [0.25, 0.3) is 0 Å². The van der Waals surface area contributed by atoms with Crippen LogP contribution in [0, 0.1) is 12.3 Å². The zero-order valence-corrected chi connectivity index (χ0v) is 15.1. The predicted octanol–water partition coefficient (Wildman–Crippen LogP) is 3.07. The first kappa shape index (κ1) is 17.5. The quantitative estimate of drug-likeness (QED) is 0.639. The van der Waals surface area contributed by atoms with Crippen LogP contribution in [-0.2, 0) is 0 Å². The van der Waals surface area contributed by atoms with E-state index in [4.69, 9.17) is 30.2 Å². The van der Waals surface area contributed by atoms with E-state index in [-0.39, 0.29) is 0 Å². The van der Waals surface area contributed by atoms with Crippen molar-refractivity contribution in [1.29, 1.82) is 0 Å². The first-order valence-electron chi connectivity index (χ1n) is 8.00. The first-order chi connectivity index (χ1) is 12.2. The van der Waals surface area contributed by atoms with Gasteiger partial charge in [-0.3, -0.25) is 4.98 Å². The number of nitrogens with one attached hydrogen (secondary N) is 2. The normalized spacial score (nSPS) is 14.6. The van der Waals surface area contributed by atoms with Crippen molar-refractivity contribution < 1.29 is 0 Å². The number of terminal acetylenes is 1. The minimum absolute atomic E-state index is 0.316. The van der Waals surface area contributed by atoms with Crippen molar-refractivity contribution in [3.8, 4) is 12.3 Å². The molecule has 2 aromatic heterocycles. The van der Waals surface area contributed by atoms with Crippen LogP contribution in [-0.4, -0.2) is 34.2 Å². The van der Waals surface area contributed by atoms with Gasteiger partial charge in [0.2, 0.25) is 0 Å². The van der Waals surface area contributed by atoms with Gasteiger partial charge in [0, 0.05) is 37.1 Å². The molecule has 0 amide bonds. The average molecular weight is 372 g/mol. The van der Waals surface area contributed by atoms with Crippen LogP contribution in [0.3, 0.4) is 0 Å². The molecule has 3 rings (SSSR count). The largest absolute Gasteiger partial charge is 0.360 e. The molecule has 0 saturated carbocycles. The Morgan fingerprint density at radius 1 is 1.36 bits per heavy atom. The highest BCUT2D eigenvalue weighted by atomic mass is 35.5. The third-order valence-electron chi connectivity index (χ3n) is 4.04. The van der Waals surface area contributed by atoms with Crippen LogP contribution in [0.5, 0.6) is 0 Å². The van der Waals surface area contributed by atoms with Crippen molar-refractivity contribution in [2.24, 2.45) is 0 Å². The fourth-order valence-corrected chi connectivity index (χ4v) is 3.34. The number of rotatable bonds is 3. The summed E-state index contributed by atoms with van der Waals surface area (Å²) >= 11 is 11.7. The van der Waals surface area contributed by atoms with Crippen molar-refractivity contribution in [2.45, 2.75) is 18.9 Å². The van der Waals surface area contributed by atoms with E-state index in [0.717, 1.165) is 37.4 Å². The van der Waals surface area contributed by atoms with Gasteiger partial charge in [-0.05, 0) is 43.3 Å². The van der Waals surface area contributed by atoms with E-state index in [1.165, 1.54) is 0 Å². The Morgan fingerprint density at radius 3 is 2.80 bits per heavy atom. The smallest absolute Gasteiger partial charge is 0.171 e. The molecule has 0 unspecified atom stereocenters. The molecule has 0 atom stereocenters. The Morgan fingerprint density at radius 2 is 2.16 bits per heavy atom. The summed E-state index contributed by atoms with van der Waals surface area (Å²) in [5.41, 5.74) is 1.57. The third-order valence-corrected chi connectivity index (χ3v) is 4.54. The second-order valence-electron chi connectivity index (χ2n) is 5.78. The van der Waals surface area contributed by atoms with Crippen molar-refractivity contribution in [1.82, 2.24) is 15.3 Å². The van der Waals surface area contributed by atoms with E-state index in [1.54, 1.807) is 24.7 Å². The van der Waals surface area contributed by atoms with Crippen molar-refractivity contribution in [3.05, 3.63) is 47.4 Å². The van der Waals surface area contributed by atoms with E-state index in [2.05, 4.69) is 31.4 Å². The summed E-state index contributed by atoms with van der Waals surface area (Å²) in [6.45, 7) is 1.71. The second-order valence-corrected chi connectivity index (χ2v) is 6.59. The minimum Gasteiger partial charge on any atom is -0.360 e. The molecule has 5 nitrogen and oxygen atoms in total. The van der Waals surface area contributed by atoms with Crippen LogP contribution in [0.15, 0.2) is 36.8 Å². The SMILES string of the molecule is C#Cc1cnc(N2CCC(NC(=S)Nc3cccnc3)CC2)c(Cl)c1. The average Bonchev–Trinajstić information content (AvgIpc) is 2.63. The lowest BCUT2D eigenvalue weighted by molar-refractivity contribution is 0.466. The highest BCUT2D eigenvalue weighted by molar-refractivity contribution is 7.80. The maximum atomic E-state index is 6.30. The molecule has 0 aliphatic carbocycles. The number of anilines is 2. The van der Waals surface area contributed by atoms with Gasteiger partial charge in [0.05, 0.1) is 16.9 Å². The summed E-state index contributed by atoms with van der Waals surface area (Å²) in [5, 5.41) is 7.71. The van der Waals surface area contributed by atoms with Crippen LogP contribution in [0.25, 0.3) is 0 Å². The Bertz CT molecular complexity index is 782. The summed E-state index contributed by atoms with van der Waals surface area (Å²) in [7, 11) is 0. The van der Waals surface area contributed by atoms with Crippen LogP contribution < -0.4 is 15.5 Å². The number of nitrogens with zero attached hydrogens (tertiary/aromatic N) is 3. The molecule has 1 fully saturated rings. The molecule has 1 saturated heterocycles. The number of pyridine rings is 2. The highest BCUT2D eigenvalue weighted by Crippen LogP contribution is 2.26. The lowest BCUT2D eigenvalue weighted by Crippen LogP contribution is -2.46. The number of thiocarbonyl (C=S) groups is 1. The zero-order chi connectivity index (χ0) is 17.6. The van der Waals surface area contributed by atoms with Crippen LogP contribution in [0.2, 0.25) is 5.02 Å². The van der Waals surface area contributed by atoms with Crippen LogP contribution in [0.4, 0.5) is 11.5 Å². The maximum absolute atomic E-state index is 6.30. The first-order valence-corrected chi connectivity index (χ1v) is 8.79. The van der Waals surface area contributed by atoms with Gasteiger partial charge in [0.1, 0.15) is 5.82 Å². The molecule has 2 aromatic rings. The zero-order valence-electron chi connectivity index (χ0n) is 13.6. The number of hydrogen-bond acceptors (Lipinski definition) is 4. The molecule has 128 valence electrons. The molecule has 1 aliphatic heterocycles. The standard InChI is InChI=1S/C18H18ClN5S/c1-2-13-10-16(19)17(21-11-13)24-8-5-14(6-9-24)22-18(25)23-15-4-3-7-20-12-15/h1,3-4,7,10-12,14H,5-6,8-9H2,(H2,22,23,25). The summed E-state index contributed by atoms with van der Waals surface area (Å²) in [6.07, 6.45) is 12.4. The Labute approximate surface area is 157 Å². The Hall–Kier alpha value is -2.36. The minimum atomic E-state index is 0.316. The molecule has 25 heavy (non-hydrogen) atoms. The number of hydrogen-bond donors (Lipinski definition) is 2. The molecule has 2 N–H and O–H groups in total. The van der Waals surface area contributed by atoms with E-state index >= 15 is 0 Å². The molecule has 0 bridgehead atoms. The lowest BCUT2D eigenvalue weighted by atomic mass is 10.1. The highest BCUT2D eigenvalue weighted by Gasteiger charge is 2.22. The van der Waals surface area contributed by atoms with Crippen molar-refractivity contribution in [3.63, 3.8) is 0 Å². The molecule has 0 spiro atoms. The van der Waals surface area contributed by atoms with Gasteiger partial charge in [-0.15, -0.1) is 6.42 Å². The van der Waals surface area contributed by atoms with Gasteiger partial charge in [-0.25, -0.2) is 4.98 Å². The molecule has 0 radical (unpaired) electrons. The maximum Gasteiger partial charge on any atom is 0.171 e. The van der Waals surface area contributed by atoms with Crippen molar-refractivity contribution in [2.75, 3.05) is 23.3 Å². The monoisotopic (exact) mass is 371 g/mol. The summed E-state index contributed by atoms with van der Waals surface area (Å²) in [5.74, 6) is 3.33. The summed E-state index contributed by atoms with van der Waals surface area (Å²) < 4.78 is 0. The van der Waals surface area contributed by atoms with Gasteiger partial charge in [-0.1, -0.05) is 17.5 Å². The molecule has 3 heterocycles. The fourth-order valence-electron chi connectivity index (χ4n) is 2.77. The topological polar surface area (TPSA) is 53.1 Å². The van der Waals surface area contributed by atoms with E-state index in [1.807, 2.05) is 12.1 Å². The van der Waals surface area contributed by atoms with Gasteiger partial charge in [-0.2, -0.15) is 0 Å². The molecule has 7 heteroatoms. The van der Waals surface area contributed by atoms with Crippen molar-refractivity contribution >= 4 is 40.4 Å². The molecule has 0 aromatic carbocycles. The van der Waals surface area contributed by atoms with E-state index in [9.17, 15) is 0 Å². The predicted molar refractivity (Wildman–Crippen MR) is 106 cm³/mol.